The Morgan fingerprint density at radius 3 is 2.32 bits per heavy atom. The van der Waals surface area contributed by atoms with Gasteiger partial charge in [-0.25, -0.2) is 0 Å². The van der Waals surface area contributed by atoms with Crippen LogP contribution in [0.5, 0.6) is 0 Å². The molecule has 0 saturated heterocycles. The SMILES string of the molecule is [B][C@](N)(CO)[C@H](O)/C=C/CCCCCCCCC1(CCCC#C)N=N1. The first-order valence-electron chi connectivity index (χ1n) is 9.37. The number of nitrogens with zero attached hydrogens (tertiary/aromatic N) is 2. The predicted octanol–water partition coefficient (Wildman–Crippen LogP) is 2.81. The molecule has 0 bridgehead atoms. The van der Waals surface area contributed by atoms with Gasteiger partial charge in [-0.05, 0) is 38.5 Å². The van der Waals surface area contributed by atoms with E-state index in [2.05, 4.69) is 16.1 Å². The third-order valence-electron chi connectivity index (χ3n) is 4.62. The van der Waals surface area contributed by atoms with E-state index < -0.39 is 18.1 Å². The van der Waals surface area contributed by atoms with Crippen LogP contribution in [-0.2, 0) is 0 Å². The van der Waals surface area contributed by atoms with E-state index in [1.165, 1.54) is 32.1 Å². The number of rotatable bonds is 15. The highest BCUT2D eigenvalue weighted by Gasteiger charge is 2.38. The van der Waals surface area contributed by atoms with Crippen molar-refractivity contribution in [2.45, 2.75) is 87.8 Å². The number of aliphatic hydroxyl groups excluding tert-OH is 2. The zero-order chi connectivity index (χ0) is 18.6. The Morgan fingerprint density at radius 1 is 1.12 bits per heavy atom. The summed E-state index contributed by atoms with van der Waals surface area (Å²) in [5.41, 5.74) is 3.99. The first kappa shape index (κ1) is 21.9. The van der Waals surface area contributed by atoms with Gasteiger partial charge in [-0.15, -0.1) is 12.3 Å². The lowest BCUT2D eigenvalue weighted by molar-refractivity contribution is 0.121. The second-order valence-corrected chi connectivity index (χ2v) is 7.04. The summed E-state index contributed by atoms with van der Waals surface area (Å²) in [6.07, 6.45) is 19.5. The van der Waals surface area contributed by atoms with Crippen molar-refractivity contribution in [2.24, 2.45) is 16.0 Å². The maximum absolute atomic E-state index is 9.69. The molecule has 0 unspecified atom stereocenters. The third-order valence-corrected chi connectivity index (χ3v) is 4.62. The van der Waals surface area contributed by atoms with Crippen LogP contribution in [0.4, 0.5) is 0 Å². The fraction of sp³-hybridized carbons (Fsp3) is 0.789. The lowest BCUT2D eigenvalue weighted by Gasteiger charge is -2.26. The quantitative estimate of drug-likeness (QED) is 0.184. The molecule has 1 rings (SSSR count). The Labute approximate surface area is 153 Å². The van der Waals surface area contributed by atoms with Crippen molar-refractivity contribution >= 4 is 7.85 Å². The van der Waals surface area contributed by atoms with Gasteiger partial charge in [0, 0.05) is 11.9 Å². The minimum atomic E-state index is -1.46. The smallest absolute Gasteiger partial charge is 0.191 e. The summed E-state index contributed by atoms with van der Waals surface area (Å²) in [6.45, 7) is -0.454. The molecule has 0 fully saturated rings. The van der Waals surface area contributed by atoms with Crippen LogP contribution >= 0.6 is 0 Å². The van der Waals surface area contributed by atoms with Crippen LogP contribution < -0.4 is 5.73 Å². The number of nitrogens with two attached hydrogens (primary N) is 1. The van der Waals surface area contributed by atoms with Gasteiger partial charge in [-0.1, -0.05) is 37.8 Å². The van der Waals surface area contributed by atoms with E-state index in [4.69, 9.17) is 25.1 Å². The third kappa shape index (κ3) is 9.20. The van der Waals surface area contributed by atoms with Crippen LogP contribution in [-0.4, -0.2) is 41.9 Å². The average Bonchev–Trinajstić information content (AvgIpc) is 3.36. The summed E-state index contributed by atoms with van der Waals surface area (Å²) in [5.74, 6) is 2.66. The van der Waals surface area contributed by atoms with Gasteiger partial charge in [-0.3, -0.25) is 0 Å². The number of unbranched alkanes of at least 4 members (excludes halogenated alkanes) is 7. The molecule has 1 heterocycles. The summed E-state index contributed by atoms with van der Waals surface area (Å²) < 4.78 is 0. The lowest BCUT2D eigenvalue weighted by atomic mass is 9.74. The highest BCUT2D eigenvalue weighted by atomic mass is 16.3. The summed E-state index contributed by atoms with van der Waals surface area (Å²) in [7, 11) is 5.54. The summed E-state index contributed by atoms with van der Waals surface area (Å²) in [4.78, 5) is 0. The largest absolute Gasteiger partial charge is 0.395 e. The van der Waals surface area contributed by atoms with Crippen LogP contribution in [0.1, 0.15) is 70.6 Å². The first-order valence-corrected chi connectivity index (χ1v) is 9.37. The molecular formula is C19H32BN3O2. The molecule has 0 aromatic rings. The van der Waals surface area contributed by atoms with Gasteiger partial charge in [0.2, 0.25) is 0 Å². The molecule has 0 aliphatic carbocycles. The maximum Gasteiger partial charge on any atom is 0.191 e. The molecule has 2 atom stereocenters. The van der Waals surface area contributed by atoms with Crippen LogP contribution in [0.15, 0.2) is 22.4 Å². The molecule has 138 valence electrons. The lowest BCUT2D eigenvalue weighted by Crippen LogP contribution is -2.53. The van der Waals surface area contributed by atoms with E-state index in [1.54, 1.807) is 6.08 Å². The number of allylic oxidation sites excluding steroid dienone is 1. The number of aliphatic hydroxyl groups is 2. The highest BCUT2D eigenvalue weighted by Crippen LogP contribution is 2.38. The van der Waals surface area contributed by atoms with Crippen molar-refractivity contribution in [2.75, 3.05) is 6.61 Å². The van der Waals surface area contributed by atoms with Crippen LogP contribution in [0.3, 0.4) is 0 Å². The summed E-state index contributed by atoms with van der Waals surface area (Å²) >= 11 is 0. The van der Waals surface area contributed by atoms with Gasteiger partial charge in [0.15, 0.2) is 5.66 Å². The average molecular weight is 345 g/mol. The van der Waals surface area contributed by atoms with E-state index in [9.17, 15) is 5.11 Å². The molecule has 0 amide bonds. The predicted molar refractivity (Wildman–Crippen MR) is 102 cm³/mol. The highest BCUT2D eigenvalue weighted by molar-refractivity contribution is 6.16. The first-order chi connectivity index (χ1) is 12.0. The van der Waals surface area contributed by atoms with Crippen LogP contribution in [0.25, 0.3) is 0 Å². The zero-order valence-electron chi connectivity index (χ0n) is 15.2. The van der Waals surface area contributed by atoms with Gasteiger partial charge in [0.1, 0.15) is 7.85 Å². The van der Waals surface area contributed by atoms with Crippen molar-refractivity contribution in [3.8, 4) is 12.3 Å². The fourth-order valence-electron chi connectivity index (χ4n) is 2.74. The Morgan fingerprint density at radius 2 is 1.72 bits per heavy atom. The van der Waals surface area contributed by atoms with E-state index in [0.29, 0.717) is 0 Å². The van der Waals surface area contributed by atoms with Crippen LogP contribution in [0, 0.1) is 12.3 Å². The van der Waals surface area contributed by atoms with E-state index in [-0.39, 0.29) is 5.66 Å². The molecule has 25 heavy (non-hydrogen) atoms. The van der Waals surface area contributed by atoms with Crippen molar-refractivity contribution in [3.05, 3.63) is 12.2 Å². The molecule has 1 aliphatic rings. The Bertz CT molecular complexity index is 466. The topological polar surface area (TPSA) is 91.2 Å². The van der Waals surface area contributed by atoms with Gasteiger partial charge < -0.3 is 15.9 Å². The van der Waals surface area contributed by atoms with E-state index in [1.807, 2.05) is 6.08 Å². The number of hydrogen-bond acceptors (Lipinski definition) is 5. The van der Waals surface area contributed by atoms with Crippen LogP contribution in [0.2, 0.25) is 0 Å². The second kappa shape index (κ2) is 11.5. The normalized spacial score (nSPS) is 18.8. The van der Waals surface area contributed by atoms with Gasteiger partial charge in [0.25, 0.3) is 0 Å². The van der Waals surface area contributed by atoms with E-state index in [0.717, 1.165) is 38.5 Å². The molecule has 0 spiro atoms. The molecule has 0 aromatic heterocycles. The maximum atomic E-state index is 9.69. The summed E-state index contributed by atoms with van der Waals surface area (Å²) in [6, 6.07) is 0. The monoisotopic (exact) mass is 345 g/mol. The Kier molecular flexibility index (Phi) is 10.0. The molecule has 2 radical (unpaired) electrons. The van der Waals surface area contributed by atoms with Crippen molar-refractivity contribution in [3.63, 3.8) is 0 Å². The molecule has 1 aliphatic heterocycles. The molecule has 4 N–H and O–H groups in total. The zero-order valence-corrected chi connectivity index (χ0v) is 15.2. The number of hydrogen-bond donors (Lipinski definition) is 3. The molecule has 0 aromatic carbocycles. The molecule has 6 heteroatoms. The van der Waals surface area contributed by atoms with Crippen molar-refractivity contribution in [1.29, 1.82) is 0 Å². The Hall–Kier alpha value is -1.16. The van der Waals surface area contributed by atoms with Crippen molar-refractivity contribution in [1.82, 2.24) is 0 Å². The van der Waals surface area contributed by atoms with Gasteiger partial charge in [-0.2, -0.15) is 10.2 Å². The standard InChI is InChI=1S/C19H32BN3O2/c1-2-3-11-14-18(22-23-18)15-12-9-7-5-4-6-8-10-13-17(25)19(20,21)16-24/h1,10,13,17,24-25H,3-9,11-12,14-16,21H2/b13-10+/t17-,19+/m1/s1. The minimum Gasteiger partial charge on any atom is -0.395 e. The Balaban J connectivity index is 1.93. The van der Waals surface area contributed by atoms with Gasteiger partial charge in [0.05, 0.1) is 12.7 Å². The minimum absolute atomic E-state index is 0.0851. The summed E-state index contributed by atoms with van der Waals surface area (Å²) in [5, 5.41) is 27.1. The van der Waals surface area contributed by atoms with E-state index >= 15 is 0 Å². The fourth-order valence-corrected chi connectivity index (χ4v) is 2.74. The van der Waals surface area contributed by atoms with Gasteiger partial charge >= 0.3 is 0 Å². The number of terminal acetylenes is 1. The molecule has 0 saturated carbocycles. The molecular weight excluding hydrogens is 313 g/mol. The van der Waals surface area contributed by atoms with Crippen molar-refractivity contribution < 1.29 is 10.2 Å². The molecule has 5 nitrogen and oxygen atoms in total. The second-order valence-electron chi connectivity index (χ2n) is 7.04.